The van der Waals surface area contributed by atoms with Crippen molar-refractivity contribution in [1.29, 1.82) is 0 Å². The van der Waals surface area contributed by atoms with Gasteiger partial charge in [0.1, 0.15) is 5.69 Å². The number of benzene rings is 2. The Morgan fingerprint density at radius 2 is 1.68 bits per heavy atom. The minimum absolute atomic E-state index is 0.232. The van der Waals surface area contributed by atoms with Crippen LogP contribution in [0, 0.1) is 0 Å². The monoisotopic (exact) mass is 426 g/mol. The second kappa shape index (κ2) is 12.6. The van der Waals surface area contributed by atoms with E-state index in [0.29, 0.717) is 23.7 Å². The molecule has 0 bridgehead atoms. The predicted octanol–water partition coefficient (Wildman–Crippen LogP) is 5.79. The minimum atomic E-state index is -0.375. The Morgan fingerprint density at radius 1 is 0.968 bits per heavy atom. The highest BCUT2D eigenvalue weighted by Gasteiger charge is 2.24. The number of unbranched alkanes of at least 4 members (excludes halogenated alkanes) is 4. The largest absolute Gasteiger partial charge is 0.494 e. The number of hydrogen-bond donors (Lipinski definition) is 1. The lowest BCUT2D eigenvalue weighted by atomic mass is 10.0. The summed E-state index contributed by atoms with van der Waals surface area (Å²) in [4.78, 5) is 26.3. The summed E-state index contributed by atoms with van der Waals surface area (Å²) in [6, 6.07) is 13.0. The van der Waals surface area contributed by atoms with Crippen LogP contribution in [-0.2, 0) is 4.79 Å². The van der Waals surface area contributed by atoms with E-state index in [9.17, 15) is 9.59 Å². The van der Waals surface area contributed by atoms with E-state index in [-0.39, 0.29) is 18.4 Å². The number of nitrogens with zero attached hydrogens (tertiary/aromatic N) is 1. The van der Waals surface area contributed by atoms with Gasteiger partial charge in [0.05, 0.1) is 7.11 Å². The van der Waals surface area contributed by atoms with Crippen LogP contribution in [0.5, 0.6) is 11.5 Å². The molecule has 0 heterocycles. The third-order valence-corrected chi connectivity index (χ3v) is 5.09. The van der Waals surface area contributed by atoms with Crippen LogP contribution >= 0.6 is 0 Å². The summed E-state index contributed by atoms with van der Waals surface area (Å²) in [5, 5.41) is 2.95. The highest BCUT2D eigenvalue weighted by Crippen LogP contribution is 2.44. The maximum absolute atomic E-state index is 12.9. The zero-order valence-electron chi connectivity index (χ0n) is 19.1. The highest BCUT2D eigenvalue weighted by molar-refractivity contribution is 5.98. The summed E-state index contributed by atoms with van der Waals surface area (Å²) in [6.07, 6.45) is 5.82. The number of ether oxygens (including phenoxy) is 2. The van der Waals surface area contributed by atoms with Crippen LogP contribution in [0.4, 0.5) is 10.5 Å². The van der Waals surface area contributed by atoms with Crippen molar-refractivity contribution in [2.45, 2.75) is 52.4 Å². The van der Waals surface area contributed by atoms with Crippen molar-refractivity contribution in [3.05, 3.63) is 42.5 Å². The molecule has 0 radical (unpaired) electrons. The summed E-state index contributed by atoms with van der Waals surface area (Å²) in [7, 11) is 3.21. The topological polar surface area (TPSA) is 67.9 Å². The second-order valence-electron chi connectivity index (χ2n) is 7.39. The third-order valence-electron chi connectivity index (χ3n) is 5.09. The summed E-state index contributed by atoms with van der Waals surface area (Å²) >= 11 is 0. The molecule has 0 saturated heterocycles. The fourth-order valence-corrected chi connectivity index (χ4v) is 3.34. The second-order valence-corrected chi connectivity index (χ2v) is 7.39. The van der Waals surface area contributed by atoms with Gasteiger partial charge in [0, 0.05) is 25.6 Å². The Bertz CT molecular complexity index is 852. The molecule has 168 valence electrons. The molecule has 6 heteroatoms. The highest BCUT2D eigenvalue weighted by atomic mass is 16.5. The van der Waals surface area contributed by atoms with E-state index in [1.807, 2.05) is 36.4 Å². The molecule has 0 saturated carbocycles. The minimum Gasteiger partial charge on any atom is -0.494 e. The molecule has 2 aromatic rings. The molecular weight excluding hydrogens is 392 g/mol. The van der Waals surface area contributed by atoms with Gasteiger partial charge in [-0.1, -0.05) is 69.9 Å². The van der Waals surface area contributed by atoms with Gasteiger partial charge < -0.3 is 14.8 Å². The first-order valence-electron chi connectivity index (χ1n) is 11.0. The SMILES string of the molecule is CCCCCCCNC(=O)N(C)c1c(OC(=O)CC)ccc(-c2ccccc2)c1OC. The predicted molar refractivity (Wildman–Crippen MR) is 125 cm³/mol. The van der Waals surface area contributed by atoms with Crippen LogP contribution in [0.25, 0.3) is 11.1 Å². The molecule has 6 nitrogen and oxygen atoms in total. The maximum atomic E-state index is 12.9. The molecular formula is C25H34N2O4. The first kappa shape index (κ1) is 24.3. The molecule has 0 spiro atoms. The van der Waals surface area contributed by atoms with Gasteiger partial charge in [-0.05, 0) is 24.1 Å². The lowest BCUT2D eigenvalue weighted by Gasteiger charge is -2.24. The Kier molecular flexibility index (Phi) is 9.88. The fraction of sp³-hybridized carbons (Fsp3) is 0.440. The van der Waals surface area contributed by atoms with Crippen molar-refractivity contribution < 1.29 is 19.1 Å². The van der Waals surface area contributed by atoms with E-state index >= 15 is 0 Å². The summed E-state index contributed by atoms with van der Waals surface area (Å²) < 4.78 is 11.2. The molecule has 0 atom stereocenters. The normalized spacial score (nSPS) is 10.5. The molecule has 0 aliphatic rings. The quantitative estimate of drug-likeness (QED) is 0.280. The van der Waals surface area contributed by atoms with Gasteiger partial charge in [0.2, 0.25) is 0 Å². The number of methoxy groups -OCH3 is 1. The van der Waals surface area contributed by atoms with Crippen molar-refractivity contribution in [2.75, 3.05) is 25.6 Å². The van der Waals surface area contributed by atoms with E-state index < -0.39 is 0 Å². The molecule has 0 aromatic heterocycles. The van der Waals surface area contributed by atoms with Crippen molar-refractivity contribution in [3.63, 3.8) is 0 Å². The zero-order valence-corrected chi connectivity index (χ0v) is 19.1. The van der Waals surface area contributed by atoms with Crippen LogP contribution in [0.15, 0.2) is 42.5 Å². The van der Waals surface area contributed by atoms with Crippen molar-refractivity contribution in [3.8, 4) is 22.6 Å². The van der Waals surface area contributed by atoms with Gasteiger partial charge in [-0.25, -0.2) is 4.79 Å². The van der Waals surface area contributed by atoms with E-state index in [1.165, 1.54) is 24.2 Å². The average molecular weight is 427 g/mol. The molecule has 0 aliphatic carbocycles. The number of rotatable bonds is 11. The molecule has 31 heavy (non-hydrogen) atoms. The Labute approximate surface area is 185 Å². The van der Waals surface area contributed by atoms with Gasteiger partial charge in [0.15, 0.2) is 11.5 Å². The van der Waals surface area contributed by atoms with Crippen LogP contribution in [-0.4, -0.2) is 32.7 Å². The molecule has 1 N–H and O–H groups in total. The van der Waals surface area contributed by atoms with Crippen molar-refractivity contribution in [1.82, 2.24) is 5.32 Å². The van der Waals surface area contributed by atoms with Crippen LogP contribution in [0.3, 0.4) is 0 Å². The van der Waals surface area contributed by atoms with Crippen LogP contribution < -0.4 is 19.7 Å². The first-order chi connectivity index (χ1) is 15.0. The van der Waals surface area contributed by atoms with Gasteiger partial charge in [-0.2, -0.15) is 0 Å². The van der Waals surface area contributed by atoms with E-state index in [4.69, 9.17) is 9.47 Å². The Balaban J connectivity index is 2.32. The third kappa shape index (κ3) is 6.74. The van der Waals surface area contributed by atoms with Gasteiger partial charge in [-0.15, -0.1) is 0 Å². The number of esters is 1. The summed E-state index contributed by atoms with van der Waals surface area (Å²) in [6.45, 7) is 4.50. The van der Waals surface area contributed by atoms with E-state index in [0.717, 1.165) is 24.0 Å². The van der Waals surface area contributed by atoms with E-state index in [2.05, 4.69) is 12.2 Å². The molecule has 0 aliphatic heterocycles. The number of carbonyl (C=O) groups excluding carboxylic acids is 2. The Morgan fingerprint density at radius 3 is 2.32 bits per heavy atom. The number of amides is 2. The molecule has 2 amide bonds. The lowest BCUT2D eigenvalue weighted by molar-refractivity contribution is -0.133. The number of urea groups is 1. The van der Waals surface area contributed by atoms with Gasteiger partial charge in [-0.3, -0.25) is 9.69 Å². The number of hydrogen-bond acceptors (Lipinski definition) is 4. The van der Waals surface area contributed by atoms with Crippen LogP contribution in [0.2, 0.25) is 0 Å². The summed E-state index contributed by atoms with van der Waals surface area (Å²) in [5.41, 5.74) is 2.18. The zero-order chi connectivity index (χ0) is 22.6. The van der Waals surface area contributed by atoms with Gasteiger partial charge in [0.25, 0.3) is 0 Å². The van der Waals surface area contributed by atoms with Crippen molar-refractivity contribution >= 4 is 17.7 Å². The molecule has 0 fully saturated rings. The van der Waals surface area contributed by atoms with E-state index in [1.54, 1.807) is 27.1 Å². The number of nitrogens with one attached hydrogen (secondary N) is 1. The lowest BCUT2D eigenvalue weighted by Crippen LogP contribution is -2.38. The standard InChI is InChI=1S/C25H34N2O4/c1-5-7-8-9-13-18-26-25(29)27(3)23-21(31-22(28)6-2)17-16-20(24(23)30-4)19-14-11-10-12-15-19/h10-12,14-17H,5-9,13,18H2,1-4H3,(H,26,29). The molecule has 2 rings (SSSR count). The smallest absolute Gasteiger partial charge is 0.321 e. The first-order valence-corrected chi connectivity index (χ1v) is 11.0. The number of carbonyl (C=O) groups is 2. The molecule has 0 unspecified atom stereocenters. The van der Waals surface area contributed by atoms with Crippen molar-refractivity contribution in [2.24, 2.45) is 0 Å². The number of anilines is 1. The molecule has 2 aromatic carbocycles. The Hall–Kier alpha value is -3.02. The maximum Gasteiger partial charge on any atom is 0.321 e. The van der Waals surface area contributed by atoms with Gasteiger partial charge >= 0.3 is 12.0 Å². The average Bonchev–Trinajstić information content (AvgIpc) is 2.80. The summed E-state index contributed by atoms with van der Waals surface area (Å²) in [5.74, 6) is 0.401. The van der Waals surface area contributed by atoms with Crippen LogP contribution in [0.1, 0.15) is 52.4 Å². The fourth-order valence-electron chi connectivity index (χ4n) is 3.34.